The highest BCUT2D eigenvalue weighted by atomic mass is 16.1. The third-order valence-corrected chi connectivity index (χ3v) is 4.41. The summed E-state index contributed by atoms with van der Waals surface area (Å²) in [4.78, 5) is 11.8. The minimum atomic E-state index is 0.0483. The molecule has 1 atom stereocenters. The van der Waals surface area contributed by atoms with Crippen LogP contribution >= 0.6 is 0 Å². The predicted molar refractivity (Wildman–Crippen MR) is 76.2 cm³/mol. The number of carbonyl (C=O) groups is 1. The van der Waals surface area contributed by atoms with Gasteiger partial charge in [0.1, 0.15) is 0 Å². The van der Waals surface area contributed by atoms with Crippen LogP contribution in [-0.4, -0.2) is 18.0 Å². The second-order valence-corrected chi connectivity index (χ2v) is 6.35. The fraction of sp³-hybridized carbons (Fsp3) is 0.933. The SMILES string of the molecule is CC(C)C(C)C(=O)NCCCC1(N)CCCCC1. The molecule has 0 heterocycles. The molecule has 1 aliphatic carbocycles. The highest BCUT2D eigenvalue weighted by Gasteiger charge is 2.26. The van der Waals surface area contributed by atoms with Gasteiger partial charge >= 0.3 is 0 Å². The van der Waals surface area contributed by atoms with Crippen molar-refractivity contribution in [2.24, 2.45) is 17.6 Å². The van der Waals surface area contributed by atoms with Crippen LogP contribution in [0.2, 0.25) is 0 Å². The van der Waals surface area contributed by atoms with E-state index in [0.29, 0.717) is 5.92 Å². The zero-order chi connectivity index (χ0) is 13.6. The smallest absolute Gasteiger partial charge is 0.223 e. The molecule has 106 valence electrons. The Morgan fingerprint density at radius 1 is 1.22 bits per heavy atom. The van der Waals surface area contributed by atoms with E-state index >= 15 is 0 Å². The summed E-state index contributed by atoms with van der Waals surface area (Å²) in [7, 11) is 0. The van der Waals surface area contributed by atoms with Gasteiger partial charge in [-0.05, 0) is 31.6 Å². The van der Waals surface area contributed by atoms with Gasteiger partial charge in [0.25, 0.3) is 0 Å². The van der Waals surface area contributed by atoms with Crippen LogP contribution in [-0.2, 0) is 4.79 Å². The molecule has 0 saturated heterocycles. The first-order valence-electron chi connectivity index (χ1n) is 7.51. The van der Waals surface area contributed by atoms with E-state index in [1.165, 1.54) is 19.3 Å². The number of nitrogens with two attached hydrogens (primary N) is 1. The lowest BCUT2D eigenvalue weighted by Gasteiger charge is -2.33. The molecule has 0 aromatic carbocycles. The van der Waals surface area contributed by atoms with Crippen LogP contribution in [0, 0.1) is 11.8 Å². The number of rotatable bonds is 6. The third kappa shape index (κ3) is 4.97. The van der Waals surface area contributed by atoms with Gasteiger partial charge in [-0.2, -0.15) is 0 Å². The van der Waals surface area contributed by atoms with E-state index < -0.39 is 0 Å². The van der Waals surface area contributed by atoms with Crippen molar-refractivity contribution in [1.29, 1.82) is 0 Å². The maximum Gasteiger partial charge on any atom is 0.223 e. The molecule has 1 aliphatic rings. The van der Waals surface area contributed by atoms with Crippen LogP contribution in [0.25, 0.3) is 0 Å². The Kier molecular flexibility index (Phi) is 6.13. The number of hydrogen-bond donors (Lipinski definition) is 2. The van der Waals surface area contributed by atoms with E-state index in [1.807, 2.05) is 6.92 Å². The monoisotopic (exact) mass is 254 g/mol. The van der Waals surface area contributed by atoms with Gasteiger partial charge in [-0.1, -0.05) is 40.0 Å². The Labute approximate surface area is 112 Å². The molecule has 0 spiro atoms. The quantitative estimate of drug-likeness (QED) is 0.716. The maximum absolute atomic E-state index is 11.8. The molecular formula is C15H30N2O. The van der Waals surface area contributed by atoms with Gasteiger partial charge in [0.2, 0.25) is 5.91 Å². The second kappa shape index (κ2) is 7.13. The fourth-order valence-corrected chi connectivity index (χ4v) is 2.62. The first kappa shape index (κ1) is 15.5. The van der Waals surface area contributed by atoms with Crippen LogP contribution < -0.4 is 11.1 Å². The van der Waals surface area contributed by atoms with E-state index in [9.17, 15) is 4.79 Å². The van der Waals surface area contributed by atoms with Crippen LogP contribution in [0.5, 0.6) is 0 Å². The van der Waals surface area contributed by atoms with Crippen LogP contribution in [0.3, 0.4) is 0 Å². The Balaban J connectivity index is 2.16. The highest BCUT2D eigenvalue weighted by molar-refractivity contribution is 5.78. The van der Waals surface area contributed by atoms with Crippen molar-refractivity contribution in [2.75, 3.05) is 6.54 Å². The standard InChI is InChI=1S/C15H30N2O/c1-12(2)13(3)14(18)17-11-7-10-15(16)8-5-4-6-9-15/h12-13H,4-11,16H2,1-3H3,(H,17,18). The molecule has 0 aromatic heterocycles. The second-order valence-electron chi connectivity index (χ2n) is 6.35. The minimum absolute atomic E-state index is 0.0483. The first-order valence-corrected chi connectivity index (χ1v) is 7.51. The van der Waals surface area contributed by atoms with E-state index in [0.717, 1.165) is 32.2 Å². The molecule has 3 heteroatoms. The van der Waals surface area contributed by atoms with Crippen molar-refractivity contribution in [3.8, 4) is 0 Å². The Bertz CT molecular complexity index is 257. The molecule has 0 bridgehead atoms. The van der Waals surface area contributed by atoms with Crippen molar-refractivity contribution in [2.45, 2.75) is 71.3 Å². The van der Waals surface area contributed by atoms with Gasteiger partial charge in [-0.3, -0.25) is 4.79 Å². The molecule has 0 radical (unpaired) electrons. The summed E-state index contributed by atoms with van der Waals surface area (Å²) in [6, 6.07) is 0. The first-order chi connectivity index (χ1) is 8.44. The average Bonchev–Trinajstić information content (AvgIpc) is 2.34. The lowest BCUT2D eigenvalue weighted by molar-refractivity contribution is -0.125. The van der Waals surface area contributed by atoms with E-state index in [4.69, 9.17) is 5.73 Å². The molecule has 0 aliphatic heterocycles. The molecule has 3 nitrogen and oxygen atoms in total. The molecule has 1 unspecified atom stereocenters. The summed E-state index contributed by atoms with van der Waals surface area (Å²) in [6.45, 7) is 6.93. The third-order valence-electron chi connectivity index (χ3n) is 4.41. The molecule has 1 saturated carbocycles. The van der Waals surface area contributed by atoms with Crippen molar-refractivity contribution in [3.05, 3.63) is 0 Å². The molecular weight excluding hydrogens is 224 g/mol. The summed E-state index contributed by atoms with van der Waals surface area (Å²) in [5.41, 5.74) is 6.42. The highest BCUT2D eigenvalue weighted by Crippen LogP contribution is 2.29. The molecule has 1 fully saturated rings. The minimum Gasteiger partial charge on any atom is -0.356 e. The Hall–Kier alpha value is -0.570. The summed E-state index contributed by atoms with van der Waals surface area (Å²) < 4.78 is 0. The molecule has 1 amide bonds. The number of carbonyl (C=O) groups excluding carboxylic acids is 1. The maximum atomic E-state index is 11.8. The number of nitrogens with one attached hydrogen (secondary N) is 1. The van der Waals surface area contributed by atoms with Crippen molar-refractivity contribution in [1.82, 2.24) is 5.32 Å². The van der Waals surface area contributed by atoms with Gasteiger partial charge in [-0.25, -0.2) is 0 Å². The average molecular weight is 254 g/mol. The van der Waals surface area contributed by atoms with Crippen molar-refractivity contribution < 1.29 is 4.79 Å². The lowest BCUT2D eigenvalue weighted by Crippen LogP contribution is -2.42. The lowest BCUT2D eigenvalue weighted by atomic mass is 9.79. The summed E-state index contributed by atoms with van der Waals surface area (Å²) in [5.74, 6) is 0.690. The van der Waals surface area contributed by atoms with E-state index in [-0.39, 0.29) is 17.4 Å². The molecule has 0 aromatic rings. The van der Waals surface area contributed by atoms with Crippen LogP contribution in [0.4, 0.5) is 0 Å². The van der Waals surface area contributed by atoms with Gasteiger partial charge < -0.3 is 11.1 Å². The van der Waals surface area contributed by atoms with E-state index in [1.54, 1.807) is 0 Å². The zero-order valence-corrected chi connectivity index (χ0v) is 12.3. The molecule has 1 rings (SSSR count). The summed E-state index contributed by atoms with van der Waals surface area (Å²) in [6.07, 6.45) is 8.24. The van der Waals surface area contributed by atoms with Crippen LogP contribution in [0.1, 0.15) is 65.7 Å². The van der Waals surface area contributed by atoms with Gasteiger partial charge in [0.15, 0.2) is 0 Å². The fourth-order valence-electron chi connectivity index (χ4n) is 2.62. The molecule has 18 heavy (non-hydrogen) atoms. The summed E-state index contributed by atoms with van der Waals surface area (Å²) >= 11 is 0. The van der Waals surface area contributed by atoms with Crippen molar-refractivity contribution >= 4 is 5.91 Å². The van der Waals surface area contributed by atoms with Crippen molar-refractivity contribution in [3.63, 3.8) is 0 Å². The van der Waals surface area contributed by atoms with Crippen LogP contribution in [0.15, 0.2) is 0 Å². The molecule has 3 N–H and O–H groups in total. The number of hydrogen-bond acceptors (Lipinski definition) is 2. The zero-order valence-electron chi connectivity index (χ0n) is 12.3. The number of amides is 1. The van der Waals surface area contributed by atoms with Gasteiger partial charge in [0, 0.05) is 18.0 Å². The Morgan fingerprint density at radius 2 is 1.83 bits per heavy atom. The largest absolute Gasteiger partial charge is 0.356 e. The Morgan fingerprint density at radius 3 is 2.39 bits per heavy atom. The van der Waals surface area contributed by atoms with E-state index in [2.05, 4.69) is 19.2 Å². The summed E-state index contributed by atoms with van der Waals surface area (Å²) in [5, 5.41) is 3.03. The predicted octanol–water partition coefficient (Wildman–Crippen LogP) is 2.84. The topological polar surface area (TPSA) is 55.1 Å². The van der Waals surface area contributed by atoms with Gasteiger partial charge in [-0.15, -0.1) is 0 Å². The van der Waals surface area contributed by atoms with Gasteiger partial charge in [0.05, 0.1) is 0 Å². The normalized spacial score (nSPS) is 20.7.